The van der Waals surface area contributed by atoms with Crippen molar-refractivity contribution >= 4 is 5.97 Å². The summed E-state index contributed by atoms with van der Waals surface area (Å²) in [4.78, 5) is 11.3. The Balaban J connectivity index is 3.06. The lowest BCUT2D eigenvalue weighted by Crippen LogP contribution is -2.14. The maximum atomic E-state index is 11.3. The first kappa shape index (κ1) is 24.4. The summed E-state index contributed by atoms with van der Waals surface area (Å²) < 4.78 is 21.4. The zero-order valence-corrected chi connectivity index (χ0v) is 16.6. The second-order valence-corrected chi connectivity index (χ2v) is 6.28. The molecule has 0 N–H and O–H groups in total. The van der Waals surface area contributed by atoms with E-state index in [9.17, 15) is 4.79 Å². The van der Waals surface area contributed by atoms with E-state index in [2.05, 4.69) is 13.8 Å². The zero-order chi connectivity index (χ0) is 18.4. The summed E-state index contributed by atoms with van der Waals surface area (Å²) in [6.07, 6.45) is 11.3. The summed E-state index contributed by atoms with van der Waals surface area (Å²) in [5.41, 5.74) is 0. The van der Waals surface area contributed by atoms with E-state index < -0.39 is 0 Å². The van der Waals surface area contributed by atoms with Crippen molar-refractivity contribution in [2.45, 2.75) is 78.1 Å². The van der Waals surface area contributed by atoms with Crippen LogP contribution in [-0.4, -0.2) is 52.2 Å². The molecule has 0 heterocycles. The molecule has 0 aromatic heterocycles. The van der Waals surface area contributed by atoms with Crippen LogP contribution in [0.1, 0.15) is 78.1 Å². The Kier molecular flexibility index (Phi) is 20.8. The topological polar surface area (TPSA) is 54.0 Å². The van der Waals surface area contributed by atoms with Crippen molar-refractivity contribution in [1.29, 1.82) is 0 Å². The smallest absolute Gasteiger partial charge is 0.305 e. The molecule has 0 aromatic rings. The third kappa shape index (κ3) is 21.3. The number of carbonyl (C=O) groups excluding carboxylic acids is 1. The number of hydrogen-bond donors (Lipinski definition) is 0. The third-order valence-corrected chi connectivity index (χ3v) is 3.86. The number of carbonyl (C=O) groups is 1. The monoisotopic (exact) mass is 360 g/mol. The molecule has 0 aliphatic rings. The number of unbranched alkanes of at least 4 members (excludes halogenated alkanes) is 7. The van der Waals surface area contributed by atoms with E-state index in [1.807, 2.05) is 0 Å². The Morgan fingerprint density at radius 3 is 1.68 bits per heavy atom. The van der Waals surface area contributed by atoms with Gasteiger partial charge in [0.15, 0.2) is 0 Å². The molecular weight excluding hydrogens is 320 g/mol. The molecule has 0 amide bonds. The van der Waals surface area contributed by atoms with E-state index in [-0.39, 0.29) is 5.97 Å². The molecule has 0 unspecified atom stereocenters. The van der Waals surface area contributed by atoms with Gasteiger partial charge in [-0.05, 0) is 12.8 Å². The molecule has 5 heteroatoms. The van der Waals surface area contributed by atoms with Gasteiger partial charge in [-0.15, -0.1) is 0 Å². The first-order valence-electron chi connectivity index (χ1n) is 10.2. The molecule has 0 aliphatic carbocycles. The van der Waals surface area contributed by atoms with Gasteiger partial charge in [0, 0.05) is 13.0 Å². The molecule has 5 nitrogen and oxygen atoms in total. The van der Waals surface area contributed by atoms with Gasteiger partial charge in [-0.3, -0.25) is 4.79 Å². The van der Waals surface area contributed by atoms with Crippen molar-refractivity contribution in [3.05, 3.63) is 0 Å². The molecule has 150 valence electrons. The summed E-state index contributed by atoms with van der Waals surface area (Å²) in [6, 6.07) is 0. The highest BCUT2D eigenvalue weighted by molar-refractivity contribution is 5.69. The lowest BCUT2D eigenvalue weighted by molar-refractivity contribution is -0.145. The fourth-order valence-electron chi connectivity index (χ4n) is 2.33. The van der Waals surface area contributed by atoms with Crippen molar-refractivity contribution in [1.82, 2.24) is 0 Å². The molecule has 0 bridgehead atoms. The Morgan fingerprint density at radius 2 is 1.04 bits per heavy atom. The molecule has 0 saturated heterocycles. The third-order valence-electron chi connectivity index (χ3n) is 3.86. The molecule has 0 saturated carbocycles. The van der Waals surface area contributed by atoms with Crippen LogP contribution in [0.4, 0.5) is 0 Å². The van der Waals surface area contributed by atoms with E-state index in [4.69, 9.17) is 18.9 Å². The second kappa shape index (κ2) is 21.4. The molecule has 0 atom stereocenters. The Labute approximate surface area is 154 Å². The molecule has 25 heavy (non-hydrogen) atoms. The average molecular weight is 361 g/mol. The maximum Gasteiger partial charge on any atom is 0.305 e. The normalized spacial score (nSPS) is 11.0. The van der Waals surface area contributed by atoms with Crippen molar-refractivity contribution in [3.63, 3.8) is 0 Å². The van der Waals surface area contributed by atoms with E-state index in [1.165, 1.54) is 32.1 Å². The van der Waals surface area contributed by atoms with Crippen LogP contribution in [0.5, 0.6) is 0 Å². The van der Waals surface area contributed by atoms with Crippen LogP contribution in [0, 0.1) is 0 Å². The van der Waals surface area contributed by atoms with Crippen molar-refractivity contribution in [2.75, 3.05) is 46.2 Å². The van der Waals surface area contributed by atoms with Gasteiger partial charge >= 0.3 is 5.97 Å². The first-order valence-corrected chi connectivity index (χ1v) is 10.2. The van der Waals surface area contributed by atoms with E-state index in [1.54, 1.807) is 0 Å². The van der Waals surface area contributed by atoms with Crippen LogP contribution in [0.3, 0.4) is 0 Å². The number of ether oxygens (including phenoxy) is 4. The molecule has 0 aliphatic heterocycles. The molecule has 0 radical (unpaired) electrons. The Hall–Kier alpha value is -0.650. The highest BCUT2D eigenvalue weighted by Crippen LogP contribution is 2.04. The van der Waals surface area contributed by atoms with E-state index in [0.29, 0.717) is 46.1 Å². The molecule has 0 aromatic carbocycles. The lowest BCUT2D eigenvalue weighted by atomic mass is 10.1. The average Bonchev–Trinajstić information content (AvgIpc) is 2.61. The minimum absolute atomic E-state index is 0.129. The molecular formula is C20H40O5. The summed E-state index contributed by atoms with van der Waals surface area (Å²) in [7, 11) is 0. The van der Waals surface area contributed by atoms with Gasteiger partial charge in [0.25, 0.3) is 0 Å². The largest absolute Gasteiger partial charge is 0.463 e. The number of hydrogen-bond acceptors (Lipinski definition) is 5. The maximum absolute atomic E-state index is 11.3. The fourth-order valence-corrected chi connectivity index (χ4v) is 2.33. The van der Waals surface area contributed by atoms with E-state index >= 15 is 0 Å². The van der Waals surface area contributed by atoms with Crippen LogP contribution >= 0.6 is 0 Å². The molecule has 0 fully saturated rings. The predicted octanol–water partition coefficient (Wildman–Crippen LogP) is 4.52. The summed E-state index contributed by atoms with van der Waals surface area (Å²) in [6.45, 7) is 8.24. The molecule has 0 spiro atoms. The van der Waals surface area contributed by atoms with Gasteiger partial charge in [-0.2, -0.15) is 0 Å². The van der Waals surface area contributed by atoms with Crippen molar-refractivity contribution in [2.24, 2.45) is 0 Å². The Bertz CT molecular complexity index is 271. The lowest BCUT2D eigenvalue weighted by Gasteiger charge is -2.07. The van der Waals surface area contributed by atoms with Crippen LogP contribution in [0.15, 0.2) is 0 Å². The van der Waals surface area contributed by atoms with Gasteiger partial charge in [0.1, 0.15) is 6.61 Å². The summed E-state index contributed by atoms with van der Waals surface area (Å²) >= 11 is 0. The molecule has 0 rings (SSSR count). The van der Waals surface area contributed by atoms with Crippen molar-refractivity contribution < 1.29 is 23.7 Å². The minimum Gasteiger partial charge on any atom is -0.463 e. The van der Waals surface area contributed by atoms with Gasteiger partial charge < -0.3 is 18.9 Å². The fraction of sp³-hybridized carbons (Fsp3) is 0.950. The summed E-state index contributed by atoms with van der Waals surface area (Å²) in [5, 5.41) is 0. The van der Waals surface area contributed by atoms with Gasteiger partial charge in [-0.25, -0.2) is 0 Å². The second-order valence-electron chi connectivity index (χ2n) is 6.28. The van der Waals surface area contributed by atoms with Gasteiger partial charge in [0.2, 0.25) is 0 Å². The quantitative estimate of drug-likeness (QED) is 0.236. The van der Waals surface area contributed by atoms with Crippen LogP contribution in [0.25, 0.3) is 0 Å². The van der Waals surface area contributed by atoms with Gasteiger partial charge in [0.05, 0.1) is 33.0 Å². The highest BCUT2D eigenvalue weighted by Gasteiger charge is 2.01. The number of rotatable bonds is 20. The highest BCUT2D eigenvalue weighted by atomic mass is 16.6. The van der Waals surface area contributed by atoms with Crippen LogP contribution in [0.2, 0.25) is 0 Å². The zero-order valence-electron chi connectivity index (χ0n) is 16.6. The van der Waals surface area contributed by atoms with Crippen LogP contribution < -0.4 is 0 Å². The Morgan fingerprint density at radius 1 is 0.560 bits per heavy atom. The standard InChI is InChI=1S/C20H40O5/c1-3-5-7-8-9-11-13-22-14-15-23-16-17-24-18-19-25-20(21)12-10-6-4-2/h3-19H2,1-2H3. The minimum atomic E-state index is -0.129. The van der Waals surface area contributed by atoms with Gasteiger partial charge in [-0.1, -0.05) is 58.8 Å². The number of esters is 1. The van der Waals surface area contributed by atoms with Crippen LogP contribution in [-0.2, 0) is 23.7 Å². The summed E-state index contributed by atoms with van der Waals surface area (Å²) in [5.74, 6) is -0.129. The SMILES string of the molecule is CCCCCCCCOCCOCCOCCOC(=O)CCCCC. The van der Waals surface area contributed by atoms with Crippen molar-refractivity contribution in [3.8, 4) is 0 Å². The first-order chi connectivity index (χ1) is 12.3. The predicted molar refractivity (Wildman–Crippen MR) is 101 cm³/mol. The van der Waals surface area contributed by atoms with E-state index in [0.717, 1.165) is 32.3 Å².